The van der Waals surface area contributed by atoms with Crippen molar-refractivity contribution in [1.82, 2.24) is 10.2 Å². The Labute approximate surface area is 142 Å². The lowest BCUT2D eigenvalue weighted by molar-refractivity contribution is 0.0690. The minimum atomic E-state index is -0.0144. The number of benzene rings is 1. The number of likely N-dealkylation sites (tertiary alicyclic amines) is 1. The zero-order valence-corrected chi connectivity index (χ0v) is 14.4. The molecule has 0 radical (unpaired) electrons. The number of carbonyl (C=O) groups is 1. The Morgan fingerprint density at radius 1 is 1.33 bits per heavy atom. The van der Waals surface area contributed by atoms with Gasteiger partial charge in [-0.3, -0.25) is 4.79 Å². The molecule has 1 saturated heterocycles. The van der Waals surface area contributed by atoms with Crippen LogP contribution in [0, 0.1) is 5.92 Å². The van der Waals surface area contributed by atoms with E-state index in [2.05, 4.69) is 12.2 Å². The van der Waals surface area contributed by atoms with E-state index in [0.29, 0.717) is 21.5 Å². The number of nitrogens with zero attached hydrogens (tertiary/aromatic N) is 1. The highest BCUT2D eigenvalue weighted by atomic mass is 35.5. The zero-order valence-electron chi connectivity index (χ0n) is 12.1. The average Bonchev–Trinajstić information content (AvgIpc) is 2.48. The first-order valence-electron chi connectivity index (χ1n) is 7.07. The number of rotatable bonds is 4. The van der Waals surface area contributed by atoms with Crippen molar-refractivity contribution in [3.05, 3.63) is 33.8 Å². The molecule has 0 aromatic heterocycles. The normalized spacial score (nSPS) is 15.7. The van der Waals surface area contributed by atoms with Crippen LogP contribution in [-0.4, -0.2) is 37.0 Å². The molecule has 1 amide bonds. The minimum absolute atomic E-state index is 0. The molecule has 1 heterocycles. The number of halogens is 3. The Morgan fingerprint density at radius 2 is 2.00 bits per heavy atom. The molecule has 1 aliphatic heterocycles. The van der Waals surface area contributed by atoms with Gasteiger partial charge < -0.3 is 10.2 Å². The molecule has 0 bridgehead atoms. The van der Waals surface area contributed by atoms with Crippen molar-refractivity contribution in [2.45, 2.75) is 19.8 Å². The van der Waals surface area contributed by atoms with Gasteiger partial charge in [0.1, 0.15) is 0 Å². The maximum atomic E-state index is 12.5. The third kappa shape index (κ3) is 4.75. The van der Waals surface area contributed by atoms with Crippen LogP contribution in [0.2, 0.25) is 10.0 Å². The van der Waals surface area contributed by atoms with Crippen molar-refractivity contribution in [3.8, 4) is 0 Å². The second-order valence-electron chi connectivity index (χ2n) is 5.14. The molecule has 1 aromatic rings. The molecule has 21 heavy (non-hydrogen) atoms. The summed E-state index contributed by atoms with van der Waals surface area (Å²) in [5, 5.41) is 4.15. The van der Waals surface area contributed by atoms with Crippen molar-refractivity contribution in [2.75, 3.05) is 26.2 Å². The Hall–Kier alpha value is -0.480. The summed E-state index contributed by atoms with van der Waals surface area (Å²) in [6.45, 7) is 5.73. The lowest BCUT2D eigenvalue weighted by Gasteiger charge is -2.32. The van der Waals surface area contributed by atoms with Gasteiger partial charge in [-0.1, -0.05) is 36.2 Å². The van der Waals surface area contributed by atoms with Crippen molar-refractivity contribution < 1.29 is 4.79 Å². The summed E-state index contributed by atoms with van der Waals surface area (Å²) in [7, 11) is 0. The Bertz CT molecular complexity index is 474. The molecule has 0 atom stereocenters. The van der Waals surface area contributed by atoms with E-state index >= 15 is 0 Å². The first-order valence-corrected chi connectivity index (χ1v) is 7.83. The Morgan fingerprint density at radius 3 is 2.62 bits per heavy atom. The summed E-state index contributed by atoms with van der Waals surface area (Å²) < 4.78 is 0. The summed E-state index contributed by atoms with van der Waals surface area (Å²) in [5.41, 5.74) is 0.504. The molecule has 2 rings (SSSR count). The van der Waals surface area contributed by atoms with Crippen LogP contribution in [0.3, 0.4) is 0 Å². The van der Waals surface area contributed by atoms with Gasteiger partial charge in [-0.15, -0.1) is 12.4 Å². The quantitative estimate of drug-likeness (QED) is 0.893. The molecule has 1 N–H and O–H groups in total. The van der Waals surface area contributed by atoms with Gasteiger partial charge in [-0.25, -0.2) is 0 Å². The summed E-state index contributed by atoms with van der Waals surface area (Å²) in [4.78, 5) is 14.3. The van der Waals surface area contributed by atoms with E-state index < -0.39 is 0 Å². The number of carbonyl (C=O) groups excluding carboxylic acids is 1. The maximum absolute atomic E-state index is 12.5. The molecule has 1 aliphatic rings. The highest BCUT2D eigenvalue weighted by Gasteiger charge is 2.25. The lowest BCUT2D eigenvalue weighted by Crippen LogP contribution is -2.40. The second kappa shape index (κ2) is 8.84. The van der Waals surface area contributed by atoms with E-state index in [1.165, 1.54) is 0 Å². The third-order valence-corrected chi connectivity index (χ3v) is 4.59. The minimum Gasteiger partial charge on any atom is -0.339 e. The van der Waals surface area contributed by atoms with Crippen LogP contribution in [-0.2, 0) is 0 Å². The van der Waals surface area contributed by atoms with E-state index in [4.69, 9.17) is 23.2 Å². The SMILES string of the molecule is CCNCC1CCN(C(=O)c2cccc(Cl)c2Cl)CC1.Cl. The number of hydrogen-bond donors (Lipinski definition) is 1. The smallest absolute Gasteiger partial charge is 0.255 e. The molecule has 6 heteroatoms. The third-order valence-electron chi connectivity index (χ3n) is 3.77. The van der Waals surface area contributed by atoms with E-state index in [1.807, 2.05) is 4.90 Å². The van der Waals surface area contributed by atoms with Gasteiger partial charge in [0.05, 0.1) is 15.6 Å². The van der Waals surface area contributed by atoms with E-state index in [1.54, 1.807) is 18.2 Å². The monoisotopic (exact) mass is 350 g/mol. The highest BCUT2D eigenvalue weighted by molar-refractivity contribution is 6.43. The summed E-state index contributed by atoms with van der Waals surface area (Å²) in [5.74, 6) is 0.647. The number of piperidine rings is 1. The fraction of sp³-hybridized carbons (Fsp3) is 0.533. The van der Waals surface area contributed by atoms with Crippen LogP contribution in [0.4, 0.5) is 0 Å². The van der Waals surface area contributed by atoms with Gasteiger partial charge in [0.2, 0.25) is 0 Å². The molecule has 118 valence electrons. The Kier molecular flexibility index (Phi) is 7.82. The van der Waals surface area contributed by atoms with Gasteiger partial charge in [0.25, 0.3) is 5.91 Å². The molecule has 0 aliphatic carbocycles. The number of hydrogen-bond acceptors (Lipinski definition) is 2. The second-order valence-corrected chi connectivity index (χ2v) is 5.93. The van der Waals surface area contributed by atoms with Crippen LogP contribution < -0.4 is 5.32 Å². The van der Waals surface area contributed by atoms with Crippen molar-refractivity contribution in [3.63, 3.8) is 0 Å². The molecule has 0 unspecified atom stereocenters. The zero-order chi connectivity index (χ0) is 14.5. The van der Waals surface area contributed by atoms with E-state index in [-0.39, 0.29) is 18.3 Å². The molecule has 3 nitrogen and oxygen atoms in total. The van der Waals surface area contributed by atoms with E-state index in [0.717, 1.165) is 39.0 Å². The first-order chi connectivity index (χ1) is 9.63. The van der Waals surface area contributed by atoms with Gasteiger partial charge in [-0.2, -0.15) is 0 Å². The topological polar surface area (TPSA) is 32.3 Å². The fourth-order valence-electron chi connectivity index (χ4n) is 2.53. The largest absolute Gasteiger partial charge is 0.339 e. The molecular weight excluding hydrogens is 331 g/mol. The van der Waals surface area contributed by atoms with Crippen molar-refractivity contribution in [1.29, 1.82) is 0 Å². The van der Waals surface area contributed by atoms with Crippen LogP contribution in [0.5, 0.6) is 0 Å². The van der Waals surface area contributed by atoms with Crippen LogP contribution in [0.15, 0.2) is 18.2 Å². The molecule has 1 fully saturated rings. The summed E-state index contributed by atoms with van der Waals surface area (Å²) in [6.07, 6.45) is 2.08. The predicted octanol–water partition coefficient (Wildman–Crippen LogP) is 3.88. The fourth-order valence-corrected chi connectivity index (χ4v) is 2.91. The first kappa shape index (κ1) is 18.6. The molecule has 0 spiro atoms. The van der Waals surface area contributed by atoms with Gasteiger partial charge >= 0.3 is 0 Å². The average molecular weight is 352 g/mol. The number of nitrogens with one attached hydrogen (secondary N) is 1. The predicted molar refractivity (Wildman–Crippen MR) is 90.9 cm³/mol. The highest BCUT2D eigenvalue weighted by Crippen LogP contribution is 2.27. The van der Waals surface area contributed by atoms with Crippen molar-refractivity contribution in [2.24, 2.45) is 5.92 Å². The maximum Gasteiger partial charge on any atom is 0.255 e. The summed E-state index contributed by atoms with van der Waals surface area (Å²) in [6, 6.07) is 5.20. The van der Waals surface area contributed by atoms with Crippen molar-refractivity contribution >= 4 is 41.5 Å². The summed E-state index contributed by atoms with van der Waals surface area (Å²) >= 11 is 12.1. The van der Waals surface area contributed by atoms with Gasteiger partial charge in [-0.05, 0) is 44.0 Å². The van der Waals surface area contributed by atoms with Crippen LogP contribution in [0.1, 0.15) is 30.1 Å². The molecule has 0 saturated carbocycles. The molecule has 1 aromatic carbocycles. The van der Waals surface area contributed by atoms with Crippen LogP contribution >= 0.6 is 35.6 Å². The lowest BCUT2D eigenvalue weighted by atomic mass is 9.96. The van der Waals surface area contributed by atoms with Gasteiger partial charge in [0.15, 0.2) is 0 Å². The van der Waals surface area contributed by atoms with E-state index in [9.17, 15) is 4.79 Å². The Balaban J connectivity index is 0.00000220. The molecular formula is C15H21Cl3N2O. The number of amides is 1. The standard InChI is InChI=1S/C15H20Cl2N2O.ClH/c1-2-18-10-11-6-8-19(9-7-11)15(20)12-4-3-5-13(16)14(12)17;/h3-5,11,18H,2,6-10H2,1H3;1H. The van der Waals surface area contributed by atoms with Crippen LogP contribution in [0.25, 0.3) is 0 Å². The van der Waals surface area contributed by atoms with Gasteiger partial charge in [0, 0.05) is 13.1 Å².